The van der Waals surface area contributed by atoms with Crippen LogP contribution < -0.4 is 24.4 Å². The number of aryl methyl sites for hydroxylation is 1. The molecule has 1 aliphatic rings. The lowest BCUT2D eigenvalue weighted by atomic mass is 9.91. The number of methoxy groups -OCH3 is 2. The van der Waals surface area contributed by atoms with Crippen LogP contribution in [0, 0.1) is 12.7 Å². The summed E-state index contributed by atoms with van der Waals surface area (Å²) in [5, 5.41) is 3.35. The van der Waals surface area contributed by atoms with Gasteiger partial charge in [0, 0.05) is 30.3 Å². The molecule has 0 fully saturated rings. The molecule has 0 saturated carbocycles. The number of anilines is 2. The molecule has 4 rings (SSSR count). The minimum absolute atomic E-state index is 0.0839. The third kappa shape index (κ3) is 5.25. The Bertz CT molecular complexity index is 1390. The molecule has 0 saturated heterocycles. The number of rotatable bonds is 9. The van der Waals surface area contributed by atoms with Gasteiger partial charge in [-0.2, -0.15) is 0 Å². The Labute approximate surface area is 222 Å². The molecule has 0 aliphatic carbocycles. The molecule has 0 radical (unpaired) electrons. The lowest BCUT2D eigenvalue weighted by molar-refractivity contribution is -0.121. The van der Waals surface area contributed by atoms with Crippen molar-refractivity contribution in [1.29, 1.82) is 0 Å². The van der Waals surface area contributed by atoms with Crippen molar-refractivity contribution in [1.82, 2.24) is 0 Å². The molecule has 1 amide bonds. The van der Waals surface area contributed by atoms with Crippen molar-refractivity contribution < 1.29 is 28.1 Å². The van der Waals surface area contributed by atoms with Crippen molar-refractivity contribution >= 4 is 17.3 Å². The zero-order valence-corrected chi connectivity index (χ0v) is 22.6. The molecule has 0 atom stereocenters. The molecule has 200 valence electrons. The molecular weight excluding hydrogens is 487 g/mol. The first kappa shape index (κ1) is 26.9. The second-order valence-electron chi connectivity index (χ2n) is 9.69. The summed E-state index contributed by atoms with van der Waals surface area (Å²) in [6.45, 7) is 9.62. The Morgan fingerprint density at radius 2 is 1.76 bits per heavy atom. The summed E-state index contributed by atoms with van der Waals surface area (Å²) in [5.74, 6) is 1.63. The van der Waals surface area contributed by atoms with Gasteiger partial charge in [0.25, 0.3) is 5.91 Å². The van der Waals surface area contributed by atoms with Gasteiger partial charge in [0.15, 0.2) is 0 Å². The Balaban J connectivity index is 1.82. The van der Waals surface area contributed by atoms with Crippen molar-refractivity contribution in [2.24, 2.45) is 0 Å². The highest BCUT2D eigenvalue weighted by Gasteiger charge is 2.38. The minimum atomic E-state index is -0.774. The average Bonchev–Trinajstić information content (AvgIpc) is 2.90. The standard InChI is InChI=1S/C30H33FN2O5/c1-18-8-9-20(31)14-26(18)38-17-24-22(12-13-25-28(24)33(5)29(34)30(3,4)32-25)23-11-10-21(15-27(23)36-7)37-16-19(2)35-6/h8-15,32H,2,16-17H2,1,3-7H3. The van der Waals surface area contributed by atoms with E-state index < -0.39 is 5.54 Å². The summed E-state index contributed by atoms with van der Waals surface area (Å²) in [7, 11) is 4.88. The van der Waals surface area contributed by atoms with E-state index in [2.05, 4.69) is 11.9 Å². The molecule has 0 bridgehead atoms. The maximum Gasteiger partial charge on any atom is 0.251 e. The van der Waals surface area contributed by atoms with Gasteiger partial charge in [0.2, 0.25) is 0 Å². The fourth-order valence-electron chi connectivity index (χ4n) is 4.52. The fourth-order valence-corrected chi connectivity index (χ4v) is 4.52. The molecule has 3 aromatic carbocycles. The summed E-state index contributed by atoms with van der Waals surface area (Å²) >= 11 is 0. The number of nitrogens with one attached hydrogen (secondary N) is 1. The molecule has 0 spiro atoms. The molecule has 3 aromatic rings. The number of benzene rings is 3. The van der Waals surface area contributed by atoms with Crippen LogP contribution in [0.4, 0.5) is 15.8 Å². The summed E-state index contributed by atoms with van der Waals surface area (Å²) in [6, 6.07) is 13.9. The van der Waals surface area contributed by atoms with E-state index in [9.17, 15) is 9.18 Å². The van der Waals surface area contributed by atoms with Crippen LogP contribution in [0.2, 0.25) is 0 Å². The van der Waals surface area contributed by atoms with E-state index in [0.29, 0.717) is 28.7 Å². The van der Waals surface area contributed by atoms with E-state index in [4.69, 9.17) is 18.9 Å². The molecule has 1 aliphatic heterocycles. The van der Waals surface area contributed by atoms with Crippen LogP contribution in [0.1, 0.15) is 25.0 Å². The number of amides is 1. The van der Waals surface area contributed by atoms with Crippen molar-refractivity contribution in [3.05, 3.63) is 77.8 Å². The maximum atomic E-state index is 14.0. The number of hydrogen-bond donors (Lipinski definition) is 1. The van der Waals surface area contributed by atoms with E-state index in [1.807, 2.05) is 45.0 Å². The van der Waals surface area contributed by atoms with Crippen LogP contribution in [0.25, 0.3) is 11.1 Å². The number of nitrogens with zero attached hydrogens (tertiary/aromatic N) is 1. The molecule has 1 N–H and O–H groups in total. The Morgan fingerprint density at radius 1 is 1.03 bits per heavy atom. The predicted octanol–water partition coefficient (Wildman–Crippen LogP) is 6.09. The van der Waals surface area contributed by atoms with Gasteiger partial charge >= 0.3 is 0 Å². The van der Waals surface area contributed by atoms with Gasteiger partial charge in [-0.3, -0.25) is 4.79 Å². The first-order chi connectivity index (χ1) is 18.1. The fraction of sp³-hybridized carbons (Fsp3) is 0.300. The quantitative estimate of drug-likeness (QED) is 0.344. The summed E-state index contributed by atoms with van der Waals surface area (Å²) in [5.41, 5.74) is 3.87. The third-order valence-electron chi connectivity index (χ3n) is 6.58. The largest absolute Gasteiger partial charge is 0.498 e. The van der Waals surface area contributed by atoms with Crippen LogP contribution in [-0.4, -0.2) is 39.3 Å². The molecule has 1 heterocycles. The summed E-state index contributed by atoms with van der Waals surface area (Å²) in [4.78, 5) is 14.9. The first-order valence-electron chi connectivity index (χ1n) is 12.2. The predicted molar refractivity (Wildman–Crippen MR) is 147 cm³/mol. The van der Waals surface area contributed by atoms with Gasteiger partial charge in [-0.15, -0.1) is 0 Å². The van der Waals surface area contributed by atoms with Gasteiger partial charge in [0.1, 0.15) is 47.6 Å². The molecule has 0 aromatic heterocycles. The van der Waals surface area contributed by atoms with E-state index in [1.54, 1.807) is 31.2 Å². The zero-order valence-electron chi connectivity index (χ0n) is 22.6. The Morgan fingerprint density at radius 3 is 2.47 bits per heavy atom. The SMILES string of the molecule is C=C(COc1ccc(-c2ccc3c(c2COc2cc(F)ccc2C)N(C)C(=O)C(C)(C)N3)c(OC)c1)OC. The lowest BCUT2D eigenvalue weighted by Gasteiger charge is -2.39. The molecule has 0 unspecified atom stereocenters. The minimum Gasteiger partial charge on any atom is -0.498 e. The number of likely N-dealkylation sites (N-methyl/N-ethyl adjacent to an activating group) is 1. The zero-order chi connectivity index (χ0) is 27.6. The van der Waals surface area contributed by atoms with Crippen LogP contribution in [0.3, 0.4) is 0 Å². The number of carbonyl (C=O) groups is 1. The second kappa shape index (κ2) is 10.7. The second-order valence-corrected chi connectivity index (χ2v) is 9.69. The Hall–Kier alpha value is -4.20. The smallest absolute Gasteiger partial charge is 0.251 e. The third-order valence-corrected chi connectivity index (χ3v) is 6.58. The van der Waals surface area contributed by atoms with Gasteiger partial charge in [-0.05, 0) is 56.2 Å². The van der Waals surface area contributed by atoms with Gasteiger partial charge in [-0.1, -0.05) is 18.7 Å². The number of carbonyl (C=O) groups excluding carboxylic acids is 1. The van der Waals surface area contributed by atoms with Crippen molar-refractivity contribution in [3.63, 3.8) is 0 Å². The van der Waals surface area contributed by atoms with E-state index in [1.165, 1.54) is 19.2 Å². The number of halogens is 1. The topological polar surface area (TPSA) is 69.3 Å². The molecule has 8 heteroatoms. The molecule has 38 heavy (non-hydrogen) atoms. The van der Waals surface area contributed by atoms with Gasteiger partial charge in [0.05, 0.1) is 25.6 Å². The van der Waals surface area contributed by atoms with Crippen molar-refractivity contribution in [2.45, 2.75) is 32.9 Å². The van der Waals surface area contributed by atoms with E-state index in [0.717, 1.165) is 27.9 Å². The highest BCUT2D eigenvalue weighted by molar-refractivity contribution is 6.08. The Kier molecular flexibility index (Phi) is 7.53. The number of ether oxygens (including phenoxy) is 4. The molecular formula is C30H33FN2O5. The van der Waals surface area contributed by atoms with Crippen LogP contribution >= 0.6 is 0 Å². The van der Waals surface area contributed by atoms with Crippen LogP contribution in [-0.2, 0) is 16.1 Å². The highest BCUT2D eigenvalue weighted by atomic mass is 19.1. The molecule has 7 nitrogen and oxygen atoms in total. The summed E-state index contributed by atoms with van der Waals surface area (Å²) < 4.78 is 36.7. The van der Waals surface area contributed by atoms with E-state index in [-0.39, 0.29) is 24.9 Å². The number of fused-ring (bicyclic) bond motifs is 1. The average molecular weight is 521 g/mol. The first-order valence-corrected chi connectivity index (χ1v) is 12.2. The summed E-state index contributed by atoms with van der Waals surface area (Å²) in [6.07, 6.45) is 0. The van der Waals surface area contributed by atoms with Gasteiger partial charge in [-0.25, -0.2) is 4.39 Å². The van der Waals surface area contributed by atoms with Gasteiger partial charge < -0.3 is 29.2 Å². The van der Waals surface area contributed by atoms with E-state index >= 15 is 0 Å². The van der Waals surface area contributed by atoms with Crippen LogP contribution in [0.15, 0.2) is 60.9 Å². The maximum absolute atomic E-state index is 14.0. The van der Waals surface area contributed by atoms with Crippen molar-refractivity contribution in [2.75, 3.05) is 38.1 Å². The monoisotopic (exact) mass is 520 g/mol. The highest BCUT2D eigenvalue weighted by Crippen LogP contribution is 2.45. The van der Waals surface area contributed by atoms with Crippen LogP contribution in [0.5, 0.6) is 17.2 Å². The number of hydrogen-bond acceptors (Lipinski definition) is 6. The normalized spacial score (nSPS) is 13.9. The van der Waals surface area contributed by atoms with Crippen molar-refractivity contribution in [3.8, 4) is 28.4 Å². The lowest BCUT2D eigenvalue weighted by Crippen LogP contribution is -2.52.